The first-order valence-electron chi connectivity index (χ1n) is 8.10. The van der Waals surface area contributed by atoms with Crippen molar-refractivity contribution in [2.24, 2.45) is 0 Å². The van der Waals surface area contributed by atoms with Gasteiger partial charge in [-0.05, 0) is 40.5 Å². The fourth-order valence-electron chi connectivity index (χ4n) is 2.87. The maximum atomic E-state index is 6.14. The first kappa shape index (κ1) is 15.0. The summed E-state index contributed by atoms with van der Waals surface area (Å²) in [5.41, 5.74) is 1.91. The number of nitrogens with zero attached hydrogens (tertiary/aromatic N) is 3. The van der Waals surface area contributed by atoms with E-state index in [1.165, 1.54) is 12.8 Å². The van der Waals surface area contributed by atoms with Crippen LogP contribution < -0.4 is 10.2 Å². The lowest BCUT2D eigenvalue weighted by atomic mass is 9.81. The number of aromatic nitrogens is 3. The quantitative estimate of drug-likeness (QED) is 0.810. The Hall–Kier alpha value is -1.60. The van der Waals surface area contributed by atoms with Crippen LogP contribution >= 0.6 is 0 Å². The van der Waals surface area contributed by atoms with Crippen molar-refractivity contribution in [1.82, 2.24) is 14.6 Å². The Bertz CT molecular complexity index is 751. The number of hydrogen-bond acceptors (Lipinski definition) is 5. The maximum Gasteiger partial charge on any atom is 0.500 e. The van der Waals surface area contributed by atoms with E-state index in [0.29, 0.717) is 5.92 Å². The van der Waals surface area contributed by atoms with Gasteiger partial charge in [0.15, 0.2) is 11.4 Å². The molecule has 2 aliphatic rings. The van der Waals surface area contributed by atoms with Gasteiger partial charge in [-0.25, -0.2) is 9.50 Å². The molecule has 0 amide bonds. The maximum absolute atomic E-state index is 6.14. The number of rotatable bonds is 3. The summed E-state index contributed by atoms with van der Waals surface area (Å²) in [6.45, 7) is 8.19. The summed E-state index contributed by atoms with van der Waals surface area (Å²) in [6.07, 6.45) is 6.00. The summed E-state index contributed by atoms with van der Waals surface area (Å²) in [5.74, 6) is 1.29. The van der Waals surface area contributed by atoms with Crippen molar-refractivity contribution >= 4 is 18.2 Å². The van der Waals surface area contributed by atoms with Gasteiger partial charge in [0.25, 0.3) is 0 Å². The van der Waals surface area contributed by atoms with Gasteiger partial charge in [0, 0.05) is 11.4 Å². The summed E-state index contributed by atoms with van der Waals surface area (Å²) >= 11 is 0. The smallest absolute Gasteiger partial charge is 0.493 e. The minimum Gasteiger partial charge on any atom is -0.493 e. The number of ether oxygens (including phenoxy) is 1. The Morgan fingerprint density at radius 2 is 1.87 bits per heavy atom. The predicted molar refractivity (Wildman–Crippen MR) is 87.2 cm³/mol. The van der Waals surface area contributed by atoms with Crippen molar-refractivity contribution < 1.29 is 14.0 Å². The van der Waals surface area contributed by atoms with Crippen LogP contribution in [0.2, 0.25) is 0 Å². The van der Waals surface area contributed by atoms with Gasteiger partial charge in [0.2, 0.25) is 0 Å². The Balaban J connectivity index is 1.78. The Labute approximate surface area is 136 Å². The first-order valence-corrected chi connectivity index (χ1v) is 8.10. The monoisotopic (exact) mass is 315 g/mol. The molecular formula is C16H22BN3O3. The molecule has 2 aromatic heterocycles. The molecule has 122 valence electrons. The van der Waals surface area contributed by atoms with E-state index in [1.807, 2.05) is 33.9 Å². The van der Waals surface area contributed by atoms with Crippen molar-refractivity contribution in [2.75, 3.05) is 7.11 Å². The zero-order valence-electron chi connectivity index (χ0n) is 14.3. The van der Waals surface area contributed by atoms with Gasteiger partial charge in [0.1, 0.15) is 0 Å². The van der Waals surface area contributed by atoms with E-state index in [-0.39, 0.29) is 11.2 Å². The third kappa shape index (κ3) is 2.25. The molecular weight excluding hydrogens is 293 g/mol. The highest BCUT2D eigenvalue weighted by atomic mass is 16.7. The van der Waals surface area contributed by atoms with Crippen LogP contribution in [0.1, 0.15) is 52.1 Å². The van der Waals surface area contributed by atoms with Crippen LogP contribution in [0.5, 0.6) is 5.75 Å². The molecule has 0 unspecified atom stereocenters. The highest BCUT2D eigenvalue weighted by molar-refractivity contribution is 6.64. The van der Waals surface area contributed by atoms with Crippen LogP contribution in [0.25, 0.3) is 5.65 Å². The van der Waals surface area contributed by atoms with Crippen molar-refractivity contribution in [3.8, 4) is 5.75 Å². The molecule has 0 spiro atoms. The zero-order chi connectivity index (χ0) is 16.4. The Morgan fingerprint density at radius 3 is 2.43 bits per heavy atom. The molecule has 1 saturated heterocycles. The molecule has 3 heterocycles. The van der Waals surface area contributed by atoms with E-state index in [0.717, 1.165) is 22.6 Å². The molecule has 0 aromatic carbocycles. The van der Waals surface area contributed by atoms with Crippen LogP contribution in [0.15, 0.2) is 12.4 Å². The molecule has 4 rings (SSSR count). The molecule has 1 saturated carbocycles. The van der Waals surface area contributed by atoms with E-state index in [2.05, 4.69) is 5.10 Å². The molecule has 7 heteroatoms. The van der Waals surface area contributed by atoms with E-state index in [9.17, 15) is 0 Å². The summed E-state index contributed by atoms with van der Waals surface area (Å²) < 4.78 is 19.5. The molecule has 23 heavy (non-hydrogen) atoms. The lowest BCUT2D eigenvalue weighted by Crippen LogP contribution is -2.41. The van der Waals surface area contributed by atoms with Crippen LogP contribution in [0.3, 0.4) is 0 Å². The molecule has 1 aliphatic carbocycles. The van der Waals surface area contributed by atoms with E-state index in [4.69, 9.17) is 19.0 Å². The normalized spacial score (nSPS) is 22.7. The SMILES string of the molecule is COc1cn2ncc(B3OC(C)(C)C(C)(C)O3)c2nc1C1CC1. The molecule has 0 radical (unpaired) electrons. The topological polar surface area (TPSA) is 57.9 Å². The molecule has 2 fully saturated rings. The largest absolute Gasteiger partial charge is 0.500 e. The summed E-state index contributed by atoms with van der Waals surface area (Å²) in [7, 11) is 1.22. The average molecular weight is 315 g/mol. The van der Waals surface area contributed by atoms with Gasteiger partial charge in [-0.2, -0.15) is 5.10 Å². The second kappa shape index (κ2) is 4.71. The molecule has 0 bridgehead atoms. The number of methoxy groups -OCH3 is 1. The lowest BCUT2D eigenvalue weighted by molar-refractivity contribution is 0.00578. The second-order valence-corrected chi connectivity index (χ2v) is 7.43. The lowest BCUT2D eigenvalue weighted by Gasteiger charge is -2.32. The summed E-state index contributed by atoms with van der Waals surface area (Å²) in [5, 5.41) is 4.40. The van der Waals surface area contributed by atoms with Gasteiger partial charge in [-0.3, -0.25) is 0 Å². The molecule has 0 N–H and O–H groups in total. The molecule has 2 aromatic rings. The third-order valence-electron chi connectivity index (χ3n) is 5.21. The number of hydrogen-bond donors (Lipinski definition) is 0. The van der Waals surface area contributed by atoms with Crippen molar-refractivity contribution in [3.05, 3.63) is 18.1 Å². The van der Waals surface area contributed by atoms with Crippen LogP contribution in [0, 0.1) is 0 Å². The highest BCUT2D eigenvalue weighted by Gasteiger charge is 2.52. The first-order chi connectivity index (χ1) is 10.8. The minimum absolute atomic E-state index is 0.377. The second-order valence-electron chi connectivity index (χ2n) is 7.43. The fraction of sp³-hybridized carbons (Fsp3) is 0.625. The minimum atomic E-state index is -0.453. The van der Waals surface area contributed by atoms with Gasteiger partial charge in [-0.1, -0.05) is 0 Å². The van der Waals surface area contributed by atoms with Crippen LogP contribution in [-0.2, 0) is 9.31 Å². The zero-order valence-corrected chi connectivity index (χ0v) is 14.3. The molecule has 0 atom stereocenters. The fourth-order valence-corrected chi connectivity index (χ4v) is 2.87. The van der Waals surface area contributed by atoms with Gasteiger partial charge >= 0.3 is 7.12 Å². The molecule has 6 nitrogen and oxygen atoms in total. The third-order valence-corrected chi connectivity index (χ3v) is 5.21. The van der Waals surface area contributed by atoms with E-state index in [1.54, 1.807) is 17.8 Å². The van der Waals surface area contributed by atoms with Crippen LogP contribution in [-0.4, -0.2) is 40.0 Å². The van der Waals surface area contributed by atoms with Gasteiger partial charge in [-0.15, -0.1) is 0 Å². The Kier molecular flexibility index (Phi) is 3.06. The predicted octanol–water partition coefficient (Wildman–Crippen LogP) is 1.91. The number of fused-ring (bicyclic) bond motifs is 1. The summed E-state index contributed by atoms with van der Waals surface area (Å²) in [6, 6.07) is 0. The van der Waals surface area contributed by atoms with E-state index >= 15 is 0 Å². The van der Waals surface area contributed by atoms with E-state index < -0.39 is 7.12 Å². The van der Waals surface area contributed by atoms with Gasteiger partial charge < -0.3 is 14.0 Å². The van der Waals surface area contributed by atoms with Crippen molar-refractivity contribution in [2.45, 2.75) is 57.7 Å². The Morgan fingerprint density at radius 1 is 1.22 bits per heavy atom. The molecule has 1 aliphatic heterocycles. The highest BCUT2D eigenvalue weighted by Crippen LogP contribution is 2.43. The summed E-state index contributed by atoms with van der Waals surface area (Å²) in [4.78, 5) is 4.82. The standard InChI is InChI=1S/C16H22BN3O3/c1-15(2)16(3,4)23-17(22-15)11-8-18-20-9-12(21-5)13(10-6-7-10)19-14(11)20/h8-10H,6-7H2,1-5H3. The van der Waals surface area contributed by atoms with Crippen molar-refractivity contribution in [1.29, 1.82) is 0 Å². The van der Waals surface area contributed by atoms with Gasteiger partial charge in [0.05, 0.1) is 36.4 Å². The van der Waals surface area contributed by atoms with Crippen LogP contribution in [0.4, 0.5) is 0 Å². The average Bonchev–Trinajstić information content (AvgIpc) is 3.19. The van der Waals surface area contributed by atoms with Crippen molar-refractivity contribution in [3.63, 3.8) is 0 Å².